The van der Waals surface area contributed by atoms with E-state index in [9.17, 15) is 19.2 Å². The zero-order valence-electron chi connectivity index (χ0n) is 44.3. The Labute approximate surface area is 417 Å². The molecule has 0 atom stereocenters. The largest absolute Gasteiger partial charge is 0.381 e. The fraction of sp³-hybridized carbons (Fsp3) is 0.586. The Balaban J connectivity index is 1.39. The summed E-state index contributed by atoms with van der Waals surface area (Å²) in [4.78, 5) is 48.8. The number of nitrogens with one attached hydrogen (secondary N) is 4. The molecule has 0 spiro atoms. The summed E-state index contributed by atoms with van der Waals surface area (Å²) in [5.74, 6) is -0.473. The zero-order valence-corrected chi connectivity index (χ0v) is 44.3. The average molecular weight is 955 g/mol. The molecule has 0 saturated carbocycles. The number of ether oxygens (including phenoxy) is 3. The number of carbonyl (C=O) groups excluding carboxylic acids is 4. The summed E-state index contributed by atoms with van der Waals surface area (Å²) in [5, 5.41) is 11.5. The highest BCUT2D eigenvalue weighted by Crippen LogP contribution is 2.41. The van der Waals surface area contributed by atoms with Gasteiger partial charge in [0.25, 0.3) is 0 Å². The molecule has 11 nitrogen and oxygen atoms in total. The first-order valence-corrected chi connectivity index (χ1v) is 25.5. The van der Waals surface area contributed by atoms with Crippen LogP contribution in [0.3, 0.4) is 0 Å². The van der Waals surface area contributed by atoms with Gasteiger partial charge < -0.3 is 35.5 Å². The molecule has 0 bridgehead atoms. The van der Waals surface area contributed by atoms with E-state index in [0.717, 1.165) is 22.3 Å². The van der Waals surface area contributed by atoms with E-state index >= 15 is 0 Å². The lowest BCUT2D eigenvalue weighted by atomic mass is 9.72. The molecule has 11 heteroatoms. The van der Waals surface area contributed by atoms with E-state index in [2.05, 4.69) is 113 Å². The maximum Gasteiger partial charge on any atom is 0.244 e. The fourth-order valence-electron chi connectivity index (χ4n) is 8.26. The minimum Gasteiger partial charge on any atom is -0.381 e. The summed E-state index contributed by atoms with van der Waals surface area (Å²) >= 11 is 0. The standard InChI is InChI=1S/C58H90N4O7/c1-45(25-27-51-49(5)23-13-31-57(51,7)8)19-11-21-47(3)43-55(65)61-35-17-39-67-37-15-33-59-53(63)29-41-69-42-30-54(64)60-34-16-38-68-40-18-36-62-56(66)44-48(4)22-12-20-46(2)26-28-52-50(6)24-14-32-58(52,9)10/h11-12,19-22,25-28,43-44H,13-18,23-24,29-42H2,1-10H3,(H,59,63)(H,60,64)(H,61,65)(H,62,66)/b21-11+,22-12+,27-25+,28-26+,45-19+,46-20+,47-43+,48-44+. The van der Waals surface area contributed by atoms with Crippen LogP contribution in [0.2, 0.25) is 0 Å². The average Bonchev–Trinajstić information content (AvgIpc) is 3.26. The molecule has 0 aromatic carbocycles. The monoisotopic (exact) mass is 955 g/mol. The quantitative estimate of drug-likeness (QED) is 0.0299. The first-order chi connectivity index (χ1) is 32.9. The van der Waals surface area contributed by atoms with Crippen LogP contribution < -0.4 is 21.3 Å². The Morgan fingerprint density at radius 3 is 1.20 bits per heavy atom. The number of allylic oxidation sites excluding steroid dienone is 18. The van der Waals surface area contributed by atoms with Gasteiger partial charge in [0, 0.05) is 77.6 Å². The molecule has 2 rings (SSSR count). The fourth-order valence-corrected chi connectivity index (χ4v) is 8.26. The van der Waals surface area contributed by atoms with Gasteiger partial charge in [-0.1, -0.05) is 111 Å². The highest BCUT2D eigenvalue weighted by atomic mass is 16.5. The van der Waals surface area contributed by atoms with Crippen molar-refractivity contribution in [1.82, 2.24) is 21.3 Å². The van der Waals surface area contributed by atoms with Crippen LogP contribution >= 0.6 is 0 Å². The van der Waals surface area contributed by atoms with Crippen LogP contribution in [-0.2, 0) is 33.4 Å². The molecular formula is C58H90N4O7. The van der Waals surface area contributed by atoms with Gasteiger partial charge in [-0.05, 0) is 139 Å². The van der Waals surface area contributed by atoms with Gasteiger partial charge in [0.15, 0.2) is 0 Å². The number of amides is 4. The van der Waals surface area contributed by atoms with E-state index in [0.29, 0.717) is 78.3 Å². The first kappa shape index (κ1) is 60.3. The van der Waals surface area contributed by atoms with Crippen molar-refractivity contribution in [2.45, 2.75) is 146 Å². The van der Waals surface area contributed by atoms with Gasteiger partial charge in [-0.15, -0.1) is 0 Å². The van der Waals surface area contributed by atoms with Crippen LogP contribution in [0.25, 0.3) is 0 Å². The van der Waals surface area contributed by atoms with E-state index in [1.807, 2.05) is 38.2 Å². The highest BCUT2D eigenvalue weighted by Gasteiger charge is 2.27. The van der Waals surface area contributed by atoms with Gasteiger partial charge in [0.2, 0.25) is 23.6 Å². The zero-order chi connectivity index (χ0) is 50.9. The molecule has 0 aromatic heterocycles. The molecule has 4 N–H and O–H groups in total. The van der Waals surface area contributed by atoms with Crippen LogP contribution in [0.4, 0.5) is 0 Å². The van der Waals surface area contributed by atoms with Gasteiger partial charge in [-0.3, -0.25) is 19.2 Å². The van der Waals surface area contributed by atoms with Crippen molar-refractivity contribution < 1.29 is 33.4 Å². The van der Waals surface area contributed by atoms with Crippen molar-refractivity contribution in [3.8, 4) is 0 Å². The van der Waals surface area contributed by atoms with E-state index in [1.165, 1.54) is 60.8 Å². The summed E-state index contributed by atoms with van der Waals surface area (Å²) in [6, 6.07) is 0. The van der Waals surface area contributed by atoms with Gasteiger partial charge >= 0.3 is 0 Å². The van der Waals surface area contributed by atoms with Gasteiger partial charge in [-0.25, -0.2) is 0 Å². The Morgan fingerprint density at radius 1 is 0.493 bits per heavy atom. The second-order valence-corrected chi connectivity index (χ2v) is 19.9. The third-order valence-corrected chi connectivity index (χ3v) is 12.3. The van der Waals surface area contributed by atoms with E-state index in [1.54, 1.807) is 12.2 Å². The van der Waals surface area contributed by atoms with Crippen molar-refractivity contribution in [3.05, 3.63) is 117 Å². The Bertz CT molecular complexity index is 1820. The summed E-state index contributed by atoms with van der Waals surface area (Å²) in [6.45, 7) is 26.4. The van der Waals surface area contributed by atoms with Crippen LogP contribution in [0.15, 0.2) is 117 Å². The maximum atomic E-state index is 12.3. The molecule has 384 valence electrons. The molecule has 0 aliphatic heterocycles. The molecule has 2 aliphatic carbocycles. The predicted molar refractivity (Wildman–Crippen MR) is 284 cm³/mol. The van der Waals surface area contributed by atoms with Crippen LogP contribution in [0, 0.1) is 10.8 Å². The molecule has 2 aliphatic rings. The molecule has 4 amide bonds. The van der Waals surface area contributed by atoms with Gasteiger partial charge in [0.05, 0.1) is 13.2 Å². The number of hydrogen-bond acceptors (Lipinski definition) is 7. The third kappa shape index (κ3) is 28.4. The van der Waals surface area contributed by atoms with Crippen molar-refractivity contribution in [3.63, 3.8) is 0 Å². The lowest BCUT2D eigenvalue weighted by molar-refractivity contribution is -0.123. The number of carbonyl (C=O) groups is 4. The summed E-state index contributed by atoms with van der Waals surface area (Å²) in [6.07, 6.45) is 34.6. The molecule has 0 saturated heterocycles. The molecular weight excluding hydrogens is 865 g/mol. The van der Waals surface area contributed by atoms with Gasteiger partial charge in [-0.2, -0.15) is 0 Å². The number of hydrogen-bond donors (Lipinski definition) is 4. The van der Waals surface area contributed by atoms with Gasteiger partial charge in [0.1, 0.15) is 0 Å². The number of rotatable bonds is 32. The summed E-state index contributed by atoms with van der Waals surface area (Å²) in [5.41, 5.74) is 10.4. The molecule has 69 heavy (non-hydrogen) atoms. The van der Waals surface area contributed by atoms with E-state index in [-0.39, 0.29) is 60.5 Å². The molecule has 0 unspecified atom stereocenters. The minimum absolute atomic E-state index is 0.109. The van der Waals surface area contributed by atoms with Crippen molar-refractivity contribution >= 4 is 23.6 Å². The van der Waals surface area contributed by atoms with Crippen LogP contribution in [0.5, 0.6) is 0 Å². The summed E-state index contributed by atoms with van der Waals surface area (Å²) < 4.78 is 16.8. The second-order valence-electron chi connectivity index (χ2n) is 19.9. The van der Waals surface area contributed by atoms with Crippen LogP contribution in [0.1, 0.15) is 146 Å². The molecule has 0 heterocycles. The van der Waals surface area contributed by atoms with Crippen molar-refractivity contribution in [2.24, 2.45) is 10.8 Å². The Morgan fingerprint density at radius 2 is 0.841 bits per heavy atom. The lowest BCUT2D eigenvalue weighted by Crippen LogP contribution is -2.28. The van der Waals surface area contributed by atoms with Crippen molar-refractivity contribution in [1.29, 1.82) is 0 Å². The molecule has 0 aromatic rings. The molecule has 0 radical (unpaired) electrons. The SMILES string of the molecule is CC1=C(/C=C/C(C)=C/C=C/C(C)=C/C(=O)NCCCOCCCNC(=O)CCOCCC(=O)NCCCOCCCNC(=O)/C=C(C)/C=C/C=C(C)/C=C/C2=C(C)CCCC2(C)C)C(C)(C)CCC1. The van der Waals surface area contributed by atoms with E-state index in [4.69, 9.17) is 14.2 Å². The lowest BCUT2D eigenvalue weighted by Gasteiger charge is -2.33. The first-order valence-electron chi connectivity index (χ1n) is 25.5. The maximum absolute atomic E-state index is 12.3. The highest BCUT2D eigenvalue weighted by molar-refractivity contribution is 5.89. The Hall–Kier alpha value is -4.84. The Kier molecular flexibility index (Phi) is 30.1. The second kappa shape index (κ2) is 34.5. The van der Waals surface area contributed by atoms with Crippen LogP contribution in [-0.4, -0.2) is 89.4 Å². The molecule has 0 fully saturated rings. The topological polar surface area (TPSA) is 144 Å². The third-order valence-electron chi connectivity index (χ3n) is 12.3. The van der Waals surface area contributed by atoms with Crippen molar-refractivity contribution in [2.75, 3.05) is 65.8 Å². The normalized spacial score (nSPS) is 17.2. The minimum atomic E-state index is -0.127. The summed E-state index contributed by atoms with van der Waals surface area (Å²) in [7, 11) is 0. The predicted octanol–water partition coefficient (Wildman–Crippen LogP) is 10.9. The van der Waals surface area contributed by atoms with E-state index < -0.39 is 0 Å². The smallest absolute Gasteiger partial charge is 0.244 e.